The van der Waals surface area contributed by atoms with Crippen molar-refractivity contribution in [2.45, 2.75) is 13.8 Å². The Morgan fingerprint density at radius 2 is 1.18 bits per heavy atom. The minimum Gasteiger partial charge on any atom is -0.857 e. The molecule has 0 unspecified atom stereocenters. The zero-order valence-corrected chi connectivity index (χ0v) is 9.72. The molecule has 1 rings (SSSR count). The van der Waals surface area contributed by atoms with E-state index in [0.29, 0.717) is 0 Å². The van der Waals surface area contributed by atoms with Gasteiger partial charge in [-0.15, -0.1) is 0 Å². The van der Waals surface area contributed by atoms with Crippen molar-refractivity contribution in [3.8, 4) is 0 Å². The molecule has 1 aromatic carbocycles. The van der Waals surface area contributed by atoms with E-state index in [-0.39, 0.29) is 29.6 Å². The predicted octanol–water partition coefficient (Wildman–Crippen LogP) is -1.72. The Morgan fingerprint density at radius 3 is 1.36 bits per heavy atom. The van der Waals surface area contributed by atoms with E-state index in [4.69, 9.17) is 5.11 Å². The second kappa shape index (κ2) is 8.28. The van der Waals surface area contributed by atoms with Crippen molar-refractivity contribution in [1.29, 1.82) is 0 Å². The van der Waals surface area contributed by atoms with Gasteiger partial charge in [-0.05, 0) is 25.0 Å². The Bertz CT molecular complexity index is 166. The molecule has 2 heteroatoms. The SMILES string of the molecule is C[O-].Cc1ccccc1C.[Na+]. The van der Waals surface area contributed by atoms with Gasteiger partial charge in [0.25, 0.3) is 0 Å². The summed E-state index contributed by atoms with van der Waals surface area (Å²) in [6.07, 6.45) is 0. The van der Waals surface area contributed by atoms with Crippen LogP contribution < -0.4 is 34.7 Å². The summed E-state index contributed by atoms with van der Waals surface area (Å²) in [4.78, 5) is 0. The molecule has 1 nitrogen and oxygen atoms in total. The molecule has 0 aliphatic rings. The van der Waals surface area contributed by atoms with Crippen LogP contribution in [0.15, 0.2) is 24.3 Å². The number of rotatable bonds is 0. The fourth-order valence-corrected chi connectivity index (χ4v) is 0.663. The van der Waals surface area contributed by atoms with Gasteiger partial charge in [0.1, 0.15) is 0 Å². The van der Waals surface area contributed by atoms with Crippen LogP contribution in [0.2, 0.25) is 0 Å². The van der Waals surface area contributed by atoms with Gasteiger partial charge in [0.15, 0.2) is 0 Å². The molecule has 0 bridgehead atoms. The van der Waals surface area contributed by atoms with Crippen molar-refractivity contribution in [2.24, 2.45) is 0 Å². The van der Waals surface area contributed by atoms with Crippen LogP contribution in [0.25, 0.3) is 0 Å². The van der Waals surface area contributed by atoms with Crippen LogP contribution in [-0.4, -0.2) is 7.11 Å². The molecule has 0 saturated carbocycles. The van der Waals surface area contributed by atoms with Gasteiger partial charge < -0.3 is 5.11 Å². The Kier molecular flexibility index (Phi) is 10.3. The van der Waals surface area contributed by atoms with Crippen molar-refractivity contribution >= 4 is 0 Å². The van der Waals surface area contributed by atoms with Crippen molar-refractivity contribution in [1.82, 2.24) is 0 Å². The van der Waals surface area contributed by atoms with Gasteiger partial charge in [-0.3, -0.25) is 0 Å². The molecule has 1 aromatic rings. The molecule has 0 amide bonds. The van der Waals surface area contributed by atoms with Gasteiger partial charge in [0.05, 0.1) is 0 Å². The summed E-state index contributed by atoms with van der Waals surface area (Å²) in [6.45, 7) is 4.24. The molecular weight excluding hydrogens is 147 g/mol. The molecule has 0 heterocycles. The van der Waals surface area contributed by atoms with Crippen LogP contribution in [0.4, 0.5) is 0 Å². The topological polar surface area (TPSA) is 23.1 Å². The summed E-state index contributed by atoms with van der Waals surface area (Å²) < 4.78 is 0. The van der Waals surface area contributed by atoms with E-state index in [9.17, 15) is 0 Å². The van der Waals surface area contributed by atoms with E-state index in [0.717, 1.165) is 7.11 Å². The van der Waals surface area contributed by atoms with Crippen molar-refractivity contribution < 1.29 is 34.7 Å². The van der Waals surface area contributed by atoms with Crippen molar-refractivity contribution in [3.05, 3.63) is 35.4 Å². The van der Waals surface area contributed by atoms with Crippen LogP contribution in [0, 0.1) is 13.8 Å². The van der Waals surface area contributed by atoms with Gasteiger partial charge in [-0.2, -0.15) is 7.11 Å². The Labute approximate surface area is 90.7 Å². The molecule has 0 aromatic heterocycles. The molecular formula is C9H13NaO. The number of hydrogen-bond donors (Lipinski definition) is 0. The molecule has 56 valence electrons. The molecule has 0 fully saturated rings. The monoisotopic (exact) mass is 160 g/mol. The van der Waals surface area contributed by atoms with Crippen LogP contribution in [0.3, 0.4) is 0 Å². The molecule has 11 heavy (non-hydrogen) atoms. The molecule has 0 radical (unpaired) electrons. The molecule has 0 N–H and O–H groups in total. The summed E-state index contributed by atoms with van der Waals surface area (Å²) in [5.41, 5.74) is 2.74. The average molecular weight is 160 g/mol. The van der Waals surface area contributed by atoms with Crippen LogP contribution in [-0.2, 0) is 0 Å². The predicted molar refractivity (Wildman–Crippen MR) is 41.8 cm³/mol. The van der Waals surface area contributed by atoms with E-state index in [2.05, 4.69) is 38.1 Å². The summed E-state index contributed by atoms with van der Waals surface area (Å²) in [7, 11) is 0.750. The zero-order valence-electron chi connectivity index (χ0n) is 7.72. The first-order chi connectivity index (χ1) is 4.80. The first kappa shape index (κ1) is 13.7. The minimum atomic E-state index is 0. The standard InChI is InChI=1S/C8H10.CH3O.Na/c1-7-5-3-4-6-8(7)2;1-2;/h3-6H,1-2H3;1H3;/q;-1;+1. The largest absolute Gasteiger partial charge is 1.00 e. The second-order valence-corrected chi connectivity index (χ2v) is 2.08. The maximum atomic E-state index is 8.25. The van der Waals surface area contributed by atoms with Crippen molar-refractivity contribution in [2.75, 3.05) is 7.11 Å². The Hall–Kier alpha value is 0.180. The summed E-state index contributed by atoms with van der Waals surface area (Å²) in [6, 6.07) is 8.36. The summed E-state index contributed by atoms with van der Waals surface area (Å²) >= 11 is 0. The van der Waals surface area contributed by atoms with E-state index in [1.165, 1.54) is 11.1 Å². The summed E-state index contributed by atoms with van der Waals surface area (Å²) in [5.74, 6) is 0. The number of benzene rings is 1. The minimum absolute atomic E-state index is 0. The van der Waals surface area contributed by atoms with Gasteiger partial charge in [0, 0.05) is 0 Å². The third-order valence-corrected chi connectivity index (χ3v) is 1.43. The van der Waals surface area contributed by atoms with E-state index < -0.39 is 0 Å². The molecule has 0 saturated heterocycles. The van der Waals surface area contributed by atoms with E-state index >= 15 is 0 Å². The molecule has 0 spiro atoms. The summed E-state index contributed by atoms with van der Waals surface area (Å²) in [5, 5.41) is 8.25. The maximum Gasteiger partial charge on any atom is 1.00 e. The smallest absolute Gasteiger partial charge is 0.857 e. The second-order valence-electron chi connectivity index (χ2n) is 2.08. The Balaban J connectivity index is 0. The zero-order chi connectivity index (χ0) is 7.98. The van der Waals surface area contributed by atoms with E-state index in [1.807, 2.05) is 0 Å². The van der Waals surface area contributed by atoms with Crippen LogP contribution in [0.1, 0.15) is 11.1 Å². The third kappa shape index (κ3) is 5.45. The maximum absolute atomic E-state index is 8.25. The van der Waals surface area contributed by atoms with Gasteiger partial charge in [0.2, 0.25) is 0 Å². The quantitative estimate of drug-likeness (QED) is 0.414. The molecule has 0 aliphatic carbocycles. The third-order valence-electron chi connectivity index (χ3n) is 1.43. The first-order valence-corrected chi connectivity index (χ1v) is 3.24. The van der Waals surface area contributed by atoms with E-state index in [1.54, 1.807) is 0 Å². The molecule has 0 atom stereocenters. The number of hydrogen-bond acceptors (Lipinski definition) is 1. The fourth-order valence-electron chi connectivity index (χ4n) is 0.663. The Morgan fingerprint density at radius 1 is 0.909 bits per heavy atom. The normalized spacial score (nSPS) is 7.27. The number of aryl methyl sites for hydroxylation is 2. The molecule has 0 aliphatic heterocycles. The van der Waals surface area contributed by atoms with Crippen molar-refractivity contribution in [3.63, 3.8) is 0 Å². The van der Waals surface area contributed by atoms with Gasteiger partial charge in [-0.1, -0.05) is 24.3 Å². The van der Waals surface area contributed by atoms with Crippen LogP contribution >= 0.6 is 0 Å². The van der Waals surface area contributed by atoms with Gasteiger partial charge >= 0.3 is 29.6 Å². The average Bonchev–Trinajstić information content (AvgIpc) is 2.00. The first-order valence-electron chi connectivity index (χ1n) is 3.24. The fraction of sp³-hybridized carbons (Fsp3) is 0.333. The van der Waals surface area contributed by atoms with Crippen LogP contribution in [0.5, 0.6) is 0 Å². The van der Waals surface area contributed by atoms with Gasteiger partial charge in [-0.25, -0.2) is 0 Å².